The number of nitrogens with two attached hydrogens (primary N) is 1. The summed E-state index contributed by atoms with van der Waals surface area (Å²) in [5, 5.41) is 11.2. The maximum absolute atomic E-state index is 10.9. The van der Waals surface area contributed by atoms with Crippen LogP contribution in [0.1, 0.15) is 0 Å². The monoisotopic (exact) mass is 187 g/mol. The summed E-state index contributed by atoms with van der Waals surface area (Å²) in [4.78, 5) is 32.9. The van der Waals surface area contributed by atoms with Crippen molar-refractivity contribution in [3.05, 3.63) is 0 Å². The number of nitrogens with zero attached hydrogens (tertiary/aromatic N) is 1. The molecule has 7 nitrogen and oxygen atoms in total. The fourth-order valence-corrected chi connectivity index (χ4v) is 0.903. The zero-order valence-corrected chi connectivity index (χ0v) is 6.69. The van der Waals surface area contributed by atoms with Crippen molar-refractivity contribution in [3.8, 4) is 0 Å². The first-order valence-electron chi connectivity index (χ1n) is 3.58. The lowest BCUT2D eigenvalue weighted by molar-refractivity contribution is -0.130. The van der Waals surface area contributed by atoms with E-state index in [2.05, 4.69) is 5.32 Å². The second-order valence-electron chi connectivity index (χ2n) is 2.58. The van der Waals surface area contributed by atoms with Gasteiger partial charge in [-0.05, 0) is 0 Å². The molecule has 1 unspecified atom stereocenters. The van der Waals surface area contributed by atoms with Crippen LogP contribution in [0.15, 0.2) is 0 Å². The summed E-state index contributed by atoms with van der Waals surface area (Å²) in [6.45, 7) is -0.496. The minimum Gasteiger partial charge on any atom is -0.381 e. The van der Waals surface area contributed by atoms with Crippen LogP contribution in [0.5, 0.6) is 0 Å². The lowest BCUT2D eigenvalue weighted by atomic mass is 10.3. The van der Waals surface area contributed by atoms with Crippen LogP contribution in [0.25, 0.3) is 0 Å². The van der Waals surface area contributed by atoms with Crippen LogP contribution in [0.3, 0.4) is 0 Å². The van der Waals surface area contributed by atoms with E-state index in [1.54, 1.807) is 0 Å². The SMILES string of the molecule is NC(=O)C(O)CN1C(=O)CNC1=O. The van der Waals surface area contributed by atoms with Crippen molar-refractivity contribution in [3.63, 3.8) is 0 Å². The average Bonchev–Trinajstić information content (AvgIpc) is 2.35. The quantitative estimate of drug-likeness (QED) is 0.420. The third-order valence-electron chi connectivity index (χ3n) is 1.62. The Kier molecular flexibility index (Phi) is 2.47. The van der Waals surface area contributed by atoms with E-state index in [9.17, 15) is 14.4 Å². The van der Waals surface area contributed by atoms with Gasteiger partial charge >= 0.3 is 6.03 Å². The molecule has 0 aromatic heterocycles. The van der Waals surface area contributed by atoms with E-state index < -0.39 is 23.9 Å². The highest BCUT2D eigenvalue weighted by atomic mass is 16.3. The largest absolute Gasteiger partial charge is 0.381 e. The molecule has 0 aromatic carbocycles. The molecule has 1 fully saturated rings. The second-order valence-corrected chi connectivity index (χ2v) is 2.58. The number of carbonyl (C=O) groups excluding carboxylic acids is 3. The molecule has 1 rings (SSSR count). The van der Waals surface area contributed by atoms with Crippen molar-refractivity contribution in [1.82, 2.24) is 10.2 Å². The Morgan fingerprint density at radius 3 is 2.69 bits per heavy atom. The number of hydrogen-bond acceptors (Lipinski definition) is 4. The molecule has 0 aromatic rings. The molecule has 13 heavy (non-hydrogen) atoms. The highest BCUT2D eigenvalue weighted by molar-refractivity contribution is 6.02. The molecule has 7 heteroatoms. The van der Waals surface area contributed by atoms with Crippen molar-refractivity contribution in [1.29, 1.82) is 0 Å². The van der Waals surface area contributed by atoms with Gasteiger partial charge in [-0.3, -0.25) is 14.5 Å². The van der Waals surface area contributed by atoms with E-state index in [4.69, 9.17) is 10.8 Å². The average molecular weight is 187 g/mol. The Morgan fingerprint density at radius 2 is 2.31 bits per heavy atom. The number of imide groups is 1. The Bertz CT molecular complexity index is 249. The predicted octanol–water partition coefficient (Wildman–Crippen LogP) is -2.62. The van der Waals surface area contributed by atoms with Gasteiger partial charge < -0.3 is 16.2 Å². The zero-order chi connectivity index (χ0) is 10.0. The topological polar surface area (TPSA) is 113 Å². The summed E-state index contributed by atoms with van der Waals surface area (Å²) >= 11 is 0. The molecule has 1 atom stereocenters. The van der Waals surface area contributed by atoms with Gasteiger partial charge in [0.05, 0.1) is 13.1 Å². The third kappa shape index (κ3) is 1.94. The molecule has 4 amide bonds. The summed E-state index contributed by atoms with van der Waals surface area (Å²) in [6, 6.07) is -0.620. The Morgan fingerprint density at radius 1 is 1.69 bits per heavy atom. The first-order chi connectivity index (χ1) is 6.02. The number of rotatable bonds is 3. The standard InChI is InChI=1S/C6H9N3O4/c7-5(12)3(10)2-9-4(11)1-8-6(9)13/h3,10H,1-2H2,(H2,7,12)(H,8,13). The number of amides is 4. The molecule has 1 saturated heterocycles. The number of aliphatic hydroxyl groups excluding tert-OH is 1. The van der Waals surface area contributed by atoms with E-state index in [1.165, 1.54) is 0 Å². The van der Waals surface area contributed by atoms with Gasteiger partial charge in [-0.25, -0.2) is 4.79 Å². The molecule has 72 valence electrons. The van der Waals surface area contributed by atoms with E-state index in [1.807, 2.05) is 0 Å². The van der Waals surface area contributed by atoms with Gasteiger partial charge in [-0.1, -0.05) is 0 Å². The van der Waals surface area contributed by atoms with Crippen molar-refractivity contribution < 1.29 is 19.5 Å². The number of urea groups is 1. The molecule has 1 aliphatic rings. The van der Waals surface area contributed by atoms with E-state index >= 15 is 0 Å². The van der Waals surface area contributed by atoms with Gasteiger partial charge in [-0.15, -0.1) is 0 Å². The summed E-state index contributed by atoms with van der Waals surface area (Å²) < 4.78 is 0. The highest BCUT2D eigenvalue weighted by Crippen LogP contribution is 2.00. The van der Waals surface area contributed by atoms with Crippen molar-refractivity contribution in [2.45, 2.75) is 6.10 Å². The van der Waals surface area contributed by atoms with Crippen LogP contribution < -0.4 is 11.1 Å². The third-order valence-corrected chi connectivity index (χ3v) is 1.62. The molecule has 0 radical (unpaired) electrons. The number of aliphatic hydroxyl groups is 1. The van der Waals surface area contributed by atoms with Crippen LogP contribution in [-0.4, -0.2) is 47.0 Å². The molecule has 0 saturated carbocycles. The summed E-state index contributed by atoms with van der Waals surface area (Å²) in [6.07, 6.45) is -1.51. The van der Waals surface area contributed by atoms with Crippen molar-refractivity contribution in [2.24, 2.45) is 5.73 Å². The smallest absolute Gasteiger partial charge is 0.324 e. The van der Waals surface area contributed by atoms with Crippen LogP contribution in [0, 0.1) is 0 Å². The minimum absolute atomic E-state index is 0.107. The normalized spacial score (nSPS) is 18.7. The van der Waals surface area contributed by atoms with Gasteiger partial charge in [0, 0.05) is 0 Å². The molecular formula is C6H9N3O4. The molecule has 0 aliphatic carbocycles. The molecule has 4 N–H and O–H groups in total. The lowest BCUT2D eigenvalue weighted by Gasteiger charge is -2.14. The van der Waals surface area contributed by atoms with Gasteiger partial charge in [0.25, 0.3) is 0 Å². The molecular weight excluding hydrogens is 178 g/mol. The molecule has 1 heterocycles. The van der Waals surface area contributed by atoms with Gasteiger partial charge in [0.15, 0.2) is 6.10 Å². The Labute approximate surface area is 73.5 Å². The molecule has 1 aliphatic heterocycles. The van der Waals surface area contributed by atoms with Crippen molar-refractivity contribution in [2.75, 3.05) is 13.1 Å². The lowest BCUT2D eigenvalue weighted by Crippen LogP contribution is -2.43. The molecule has 0 spiro atoms. The molecule has 0 bridgehead atoms. The van der Waals surface area contributed by atoms with Crippen LogP contribution in [0.2, 0.25) is 0 Å². The predicted molar refractivity (Wildman–Crippen MR) is 40.3 cm³/mol. The second kappa shape index (κ2) is 3.40. The number of nitrogens with one attached hydrogen (secondary N) is 1. The first kappa shape index (κ1) is 9.46. The fraction of sp³-hybridized carbons (Fsp3) is 0.500. The van der Waals surface area contributed by atoms with E-state index in [0.29, 0.717) is 0 Å². The van der Waals surface area contributed by atoms with Crippen LogP contribution in [0.4, 0.5) is 4.79 Å². The zero-order valence-electron chi connectivity index (χ0n) is 6.69. The number of primary amides is 1. The van der Waals surface area contributed by atoms with Gasteiger partial charge in [0.1, 0.15) is 0 Å². The van der Waals surface area contributed by atoms with E-state index in [0.717, 1.165) is 4.90 Å². The summed E-state index contributed by atoms with van der Waals surface area (Å²) in [5.74, 6) is -1.45. The first-order valence-corrected chi connectivity index (χ1v) is 3.58. The van der Waals surface area contributed by atoms with Gasteiger partial charge in [0.2, 0.25) is 11.8 Å². The summed E-state index contributed by atoms with van der Waals surface area (Å²) in [7, 11) is 0. The summed E-state index contributed by atoms with van der Waals surface area (Å²) in [5.41, 5.74) is 4.75. The van der Waals surface area contributed by atoms with E-state index in [-0.39, 0.29) is 13.1 Å². The highest BCUT2D eigenvalue weighted by Gasteiger charge is 2.31. The maximum atomic E-state index is 10.9. The maximum Gasteiger partial charge on any atom is 0.324 e. The van der Waals surface area contributed by atoms with Crippen LogP contribution >= 0.6 is 0 Å². The Hall–Kier alpha value is -1.63. The number of β-amino-alcohol motifs (C(OH)–C–C–N with tert-alkyl or cyclic N) is 1. The number of hydrogen-bond donors (Lipinski definition) is 3. The van der Waals surface area contributed by atoms with Gasteiger partial charge in [-0.2, -0.15) is 0 Å². The number of carbonyl (C=O) groups is 3. The minimum atomic E-state index is -1.51. The fourth-order valence-electron chi connectivity index (χ4n) is 0.903. The van der Waals surface area contributed by atoms with Crippen LogP contribution in [-0.2, 0) is 9.59 Å². The Balaban J connectivity index is 2.57. The van der Waals surface area contributed by atoms with Crippen molar-refractivity contribution >= 4 is 17.8 Å².